The molecule has 2 unspecified atom stereocenters. The standard InChI is InChI=1S/C66H125NO5/c1-3-5-7-9-11-13-15-17-32-36-40-44-48-52-56-60-66(71)72-61-57-53-49-45-41-37-34-31-29-27-25-23-21-19-18-20-22-24-26-28-30-33-35-39-43-47-51-55-59-65(70)67-63(62-68)64(69)58-54-50-46-42-38-16-14-12-10-8-6-4-2/h11,13,17-19,32,63-64,68-69H,3-10,12,14-16,20-31,33-62H2,1-2H3,(H,67,70)/b13-11-,19-18-,32-17-. The summed E-state index contributed by atoms with van der Waals surface area (Å²) in [5.74, 6) is -0.0327. The molecule has 3 N–H and O–H groups in total. The third-order valence-corrected chi connectivity index (χ3v) is 14.9. The first-order valence-electron chi connectivity index (χ1n) is 32.2. The van der Waals surface area contributed by atoms with E-state index in [0.29, 0.717) is 25.9 Å². The molecule has 6 nitrogen and oxygen atoms in total. The van der Waals surface area contributed by atoms with E-state index < -0.39 is 12.1 Å². The number of aliphatic hydroxyl groups excluding tert-OH is 2. The van der Waals surface area contributed by atoms with Crippen LogP contribution in [0.3, 0.4) is 0 Å². The third-order valence-electron chi connectivity index (χ3n) is 14.9. The van der Waals surface area contributed by atoms with Crippen molar-refractivity contribution in [2.45, 2.75) is 360 Å². The van der Waals surface area contributed by atoms with Crippen LogP contribution in [0.1, 0.15) is 348 Å². The van der Waals surface area contributed by atoms with E-state index in [0.717, 1.165) is 51.4 Å². The van der Waals surface area contributed by atoms with Crippen molar-refractivity contribution in [2.75, 3.05) is 13.2 Å². The smallest absolute Gasteiger partial charge is 0.305 e. The first kappa shape index (κ1) is 70.1. The lowest BCUT2D eigenvalue weighted by molar-refractivity contribution is -0.143. The second-order valence-electron chi connectivity index (χ2n) is 22.1. The van der Waals surface area contributed by atoms with Gasteiger partial charge in [0.25, 0.3) is 0 Å². The maximum Gasteiger partial charge on any atom is 0.305 e. The summed E-state index contributed by atoms with van der Waals surface area (Å²) in [5.41, 5.74) is 0. The van der Waals surface area contributed by atoms with Gasteiger partial charge in [-0.1, -0.05) is 288 Å². The molecule has 0 aliphatic rings. The minimum absolute atomic E-state index is 0.00182. The van der Waals surface area contributed by atoms with Crippen molar-refractivity contribution in [2.24, 2.45) is 0 Å². The highest BCUT2D eigenvalue weighted by Gasteiger charge is 2.20. The zero-order valence-corrected chi connectivity index (χ0v) is 48.4. The highest BCUT2D eigenvalue weighted by Crippen LogP contribution is 2.18. The number of esters is 1. The molecular weight excluding hydrogens is 887 g/mol. The molecular formula is C66H125NO5. The Labute approximate surface area is 449 Å². The fraction of sp³-hybridized carbons (Fsp3) is 0.879. The Morgan fingerprint density at radius 2 is 0.694 bits per heavy atom. The molecule has 0 heterocycles. The van der Waals surface area contributed by atoms with Gasteiger partial charge in [-0.3, -0.25) is 9.59 Å². The van der Waals surface area contributed by atoms with Gasteiger partial charge in [-0.25, -0.2) is 0 Å². The number of hydrogen-bond acceptors (Lipinski definition) is 5. The van der Waals surface area contributed by atoms with Gasteiger partial charge in [-0.15, -0.1) is 0 Å². The maximum absolute atomic E-state index is 12.5. The van der Waals surface area contributed by atoms with Crippen LogP contribution in [0.25, 0.3) is 0 Å². The highest BCUT2D eigenvalue weighted by molar-refractivity contribution is 5.76. The molecule has 0 radical (unpaired) electrons. The van der Waals surface area contributed by atoms with Gasteiger partial charge in [0.1, 0.15) is 0 Å². The van der Waals surface area contributed by atoms with E-state index in [4.69, 9.17) is 4.74 Å². The SMILES string of the molecule is CCCCC/C=C\C/C=C\CCCCCCCC(=O)OCCCCCCCCCCCCCC/C=C\CCCCCCCCCCCCCCC(=O)NC(CO)C(O)CCCCCCCCCCCCCC. The van der Waals surface area contributed by atoms with Crippen LogP contribution in [0.5, 0.6) is 0 Å². The minimum Gasteiger partial charge on any atom is -0.466 e. The van der Waals surface area contributed by atoms with Gasteiger partial charge in [0.15, 0.2) is 0 Å². The number of amides is 1. The van der Waals surface area contributed by atoms with E-state index in [1.54, 1.807) is 0 Å². The normalized spacial score (nSPS) is 12.8. The molecule has 2 atom stereocenters. The van der Waals surface area contributed by atoms with Crippen LogP contribution in [-0.2, 0) is 14.3 Å². The number of carbonyl (C=O) groups excluding carboxylic acids is 2. The van der Waals surface area contributed by atoms with E-state index in [1.807, 2.05) is 0 Å². The van der Waals surface area contributed by atoms with Gasteiger partial charge >= 0.3 is 5.97 Å². The average molecular weight is 1010 g/mol. The molecule has 72 heavy (non-hydrogen) atoms. The fourth-order valence-corrected chi connectivity index (χ4v) is 9.96. The predicted molar refractivity (Wildman–Crippen MR) is 315 cm³/mol. The van der Waals surface area contributed by atoms with E-state index >= 15 is 0 Å². The van der Waals surface area contributed by atoms with Crippen molar-refractivity contribution < 1.29 is 24.5 Å². The molecule has 0 saturated carbocycles. The van der Waals surface area contributed by atoms with Crippen LogP contribution < -0.4 is 5.32 Å². The van der Waals surface area contributed by atoms with E-state index in [1.165, 1.54) is 263 Å². The van der Waals surface area contributed by atoms with Crippen molar-refractivity contribution in [1.29, 1.82) is 0 Å². The van der Waals surface area contributed by atoms with Gasteiger partial charge < -0.3 is 20.3 Å². The van der Waals surface area contributed by atoms with Crippen molar-refractivity contribution in [3.8, 4) is 0 Å². The number of rotatable bonds is 60. The molecule has 0 fully saturated rings. The minimum atomic E-state index is -0.663. The summed E-state index contributed by atoms with van der Waals surface area (Å²) in [6.45, 7) is 4.93. The van der Waals surface area contributed by atoms with Crippen molar-refractivity contribution >= 4 is 11.9 Å². The van der Waals surface area contributed by atoms with Crippen LogP contribution in [0, 0.1) is 0 Å². The molecule has 0 aliphatic heterocycles. The van der Waals surface area contributed by atoms with E-state index in [2.05, 4.69) is 55.6 Å². The quantitative estimate of drug-likeness (QED) is 0.0320. The summed E-state index contributed by atoms with van der Waals surface area (Å²) in [6.07, 6.45) is 77.4. The second-order valence-corrected chi connectivity index (χ2v) is 22.1. The molecule has 6 heteroatoms. The largest absolute Gasteiger partial charge is 0.466 e. The third kappa shape index (κ3) is 57.4. The van der Waals surface area contributed by atoms with Gasteiger partial charge in [0.2, 0.25) is 5.91 Å². The number of aliphatic hydroxyl groups is 2. The number of nitrogens with one attached hydrogen (secondary N) is 1. The van der Waals surface area contributed by atoms with Crippen molar-refractivity contribution in [3.05, 3.63) is 36.5 Å². The van der Waals surface area contributed by atoms with Gasteiger partial charge in [-0.2, -0.15) is 0 Å². The van der Waals surface area contributed by atoms with E-state index in [9.17, 15) is 19.8 Å². The van der Waals surface area contributed by atoms with Crippen LogP contribution in [0.4, 0.5) is 0 Å². The van der Waals surface area contributed by atoms with Gasteiger partial charge in [-0.05, 0) is 83.5 Å². The summed E-state index contributed by atoms with van der Waals surface area (Å²) in [7, 11) is 0. The zero-order chi connectivity index (χ0) is 52.2. The lowest BCUT2D eigenvalue weighted by Crippen LogP contribution is -2.45. The van der Waals surface area contributed by atoms with Gasteiger partial charge in [0.05, 0.1) is 25.4 Å². The lowest BCUT2D eigenvalue weighted by atomic mass is 10.0. The summed E-state index contributed by atoms with van der Waals surface area (Å²) in [4.78, 5) is 24.5. The van der Waals surface area contributed by atoms with Crippen LogP contribution in [0.15, 0.2) is 36.5 Å². The number of ether oxygens (including phenoxy) is 1. The molecule has 0 bridgehead atoms. The molecule has 0 rings (SSSR count). The molecule has 0 aromatic heterocycles. The summed E-state index contributed by atoms with van der Waals surface area (Å²) in [6, 6.07) is -0.540. The topological polar surface area (TPSA) is 95.9 Å². The molecule has 424 valence electrons. The Morgan fingerprint density at radius 3 is 1.10 bits per heavy atom. The number of allylic oxidation sites excluding steroid dienone is 6. The van der Waals surface area contributed by atoms with Gasteiger partial charge in [0, 0.05) is 12.8 Å². The molecule has 0 aromatic carbocycles. The second kappa shape index (κ2) is 61.6. The first-order chi connectivity index (χ1) is 35.5. The van der Waals surface area contributed by atoms with Crippen molar-refractivity contribution in [3.63, 3.8) is 0 Å². The average Bonchev–Trinajstić information content (AvgIpc) is 3.38. The van der Waals surface area contributed by atoms with E-state index in [-0.39, 0.29) is 18.5 Å². The predicted octanol–water partition coefficient (Wildman–Crippen LogP) is 20.4. The molecule has 0 aromatic rings. The Balaban J connectivity index is 3.37. The molecule has 0 spiro atoms. The number of carbonyl (C=O) groups is 2. The maximum atomic E-state index is 12.5. The molecule has 0 aliphatic carbocycles. The number of unbranched alkanes of at least 4 members (excludes halogenated alkanes) is 43. The van der Waals surface area contributed by atoms with Crippen LogP contribution >= 0.6 is 0 Å². The Morgan fingerprint density at radius 1 is 0.389 bits per heavy atom. The monoisotopic (exact) mass is 1010 g/mol. The number of hydrogen-bond donors (Lipinski definition) is 3. The Bertz CT molecular complexity index is 1170. The fourth-order valence-electron chi connectivity index (χ4n) is 9.96. The molecule has 0 saturated heterocycles. The summed E-state index contributed by atoms with van der Waals surface area (Å²) in [5, 5.41) is 23.2. The Kier molecular flexibility index (Phi) is 60.0. The lowest BCUT2D eigenvalue weighted by Gasteiger charge is -2.22. The zero-order valence-electron chi connectivity index (χ0n) is 48.4. The Hall–Kier alpha value is -1.92. The van der Waals surface area contributed by atoms with Crippen LogP contribution in [0.2, 0.25) is 0 Å². The summed E-state index contributed by atoms with van der Waals surface area (Å²) < 4.78 is 5.48. The van der Waals surface area contributed by atoms with Crippen LogP contribution in [-0.4, -0.2) is 47.4 Å². The first-order valence-corrected chi connectivity index (χ1v) is 32.2. The molecule has 1 amide bonds. The highest BCUT2D eigenvalue weighted by atomic mass is 16.5. The van der Waals surface area contributed by atoms with Crippen molar-refractivity contribution in [1.82, 2.24) is 5.32 Å². The summed E-state index contributed by atoms with van der Waals surface area (Å²) >= 11 is 0.